The van der Waals surface area contributed by atoms with Crippen molar-refractivity contribution in [2.45, 2.75) is 0 Å². The zero-order valence-corrected chi connectivity index (χ0v) is 13.1. The zero-order valence-electron chi connectivity index (χ0n) is 11.5. The second kappa shape index (κ2) is 7.16. The number of nitro benzene ring substituents is 1. The highest BCUT2D eigenvalue weighted by molar-refractivity contribution is 8.26. The number of non-ortho nitro benzene ring substituents is 1. The standard InChI is InChI=1S/C14H10N2O5S2/c17-12(18)8-15-13(19)11(23-14(15)22)3-1-2-9-4-6-10(7-5-9)16(20)21/h1-7H,8H2,(H,17,18)/p-1/b2-1+,11-3+. The quantitative estimate of drug-likeness (QED) is 0.339. The maximum atomic E-state index is 12.0. The van der Waals surface area contributed by atoms with Crippen molar-refractivity contribution in [2.75, 3.05) is 6.54 Å². The molecule has 1 aliphatic rings. The molecule has 0 aromatic heterocycles. The lowest BCUT2D eigenvalue weighted by molar-refractivity contribution is -0.384. The van der Waals surface area contributed by atoms with Crippen LogP contribution in [0.1, 0.15) is 5.56 Å². The molecule has 1 aromatic rings. The Morgan fingerprint density at radius 2 is 2.00 bits per heavy atom. The van der Waals surface area contributed by atoms with E-state index >= 15 is 0 Å². The van der Waals surface area contributed by atoms with Gasteiger partial charge in [0.05, 0.1) is 22.3 Å². The number of hydrogen-bond acceptors (Lipinski definition) is 7. The molecule has 0 unspecified atom stereocenters. The Morgan fingerprint density at radius 3 is 2.57 bits per heavy atom. The third-order valence-electron chi connectivity index (χ3n) is 2.80. The summed E-state index contributed by atoms with van der Waals surface area (Å²) in [5.74, 6) is -1.87. The van der Waals surface area contributed by atoms with E-state index in [0.29, 0.717) is 4.91 Å². The number of carbonyl (C=O) groups is 2. The van der Waals surface area contributed by atoms with Crippen molar-refractivity contribution < 1.29 is 19.6 Å². The van der Waals surface area contributed by atoms with Gasteiger partial charge in [-0.3, -0.25) is 19.8 Å². The van der Waals surface area contributed by atoms with E-state index in [1.54, 1.807) is 24.3 Å². The number of thioether (sulfide) groups is 1. The second-order valence-electron chi connectivity index (χ2n) is 4.37. The summed E-state index contributed by atoms with van der Waals surface area (Å²) in [5.41, 5.74) is 0.711. The van der Waals surface area contributed by atoms with Crippen LogP contribution >= 0.6 is 24.0 Å². The Balaban J connectivity index is 2.08. The highest BCUT2D eigenvalue weighted by Crippen LogP contribution is 2.30. The average Bonchev–Trinajstić information content (AvgIpc) is 2.75. The van der Waals surface area contributed by atoms with Crippen molar-refractivity contribution in [1.82, 2.24) is 4.90 Å². The summed E-state index contributed by atoms with van der Waals surface area (Å²) in [4.78, 5) is 33.9. The fourth-order valence-electron chi connectivity index (χ4n) is 1.73. The van der Waals surface area contributed by atoms with Gasteiger partial charge in [0.2, 0.25) is 0 Å². The molecule has 0 saturated carbocycles. The smallest absolute Gasteiger partial charge is 0.269 e. The number of aliphatic carboxylic acids is 1. The van der Waals surface area contributed by atoms with Crippen LogP contribution in [0, 0.1) is 10.1 Å². The summed E-state index contributed by atoms with van der Waals surface area (Å²) in [5, 5.41) is 21.1. The highest BCUT2D eigenvalue weighted by Gasteiger charge is 2.31. The number of amides is 1. The molecule has 23 heavy (non-hydrogen) atoms. The first-order chi connectivity index (χ1) is 10.9. The SMILES string of the molecule is O=C([O-])CN1C(=O)/C(=C\C=C\c2ccc([N+](=O)[O-])cc2)SC1=S. The Kier molecular flexibility index (Phi) is 5.24. The van der Waals surface area contributed by atoms with Gasteiger partial charge in [0.1, 0.15) is 4.32 Å². The van der Waals surface area contributed by atoms with Crippen LogP contribution in [0.15, 0.2) is 41.3 Å². The van der Waals surface area contributed by atoms with Crippen molar-refractivity contribution in [3.05, 3.63) is 57.0 Å². The normalized spacial score (nSPS) is 16.5. The molecule has 1 saturated heterocycles. The number of allylic oxidation sites excluding steroid dienone is 2. The number of thiocarbonyl (C=S) groups is 1. The molecule has 0 bridgehead atoms. The Labute approximate surface area is 140 Å². The number of nitrogens with zero attached hydrogens (tertiary/aromatic N) is 2. The van der Waals surface area contributed by atoms with Crippen LogP contribution in [-0.2, 0) is 9.59 Å². The van der Waals surface area contributed by atoms with Gasteiger partial charge < -0.3 is 9.90 Å². The molecule has 0 radical (unpaired) electrons. The largest absolute Gasteiger partial charge is 0.548 e. The molecule has 1 heterocycles. The molecule has 1 fully saturated rings. The number of hydrogen-bond donors (Lipinski definition) is 0. The van der Waals surface area contributed by atoms with Gasteiger partial charge in [0.25, 0.3) is 11.6 Å². The third-order valence-corrected chi connectivity index (χ3v) is 4.20. The molecule has 2 rings (SSSR count). The van der Waals surface area contributed by atoms with Crippen LogP contribution in [0.2, 0.25) is 0 Å². The van der Waals surface area contributed by atoms with E-state index in [1.807, 2.05) is 0 Å². The monoisotopic (exact) mass is 349 g/mol. The molecule has 0 atom stereocenters. The summed E-state index contributed by atoms with van der Waals surface area (Å²) < 4.78 is 0.161. The predicted molar refractivity (Wildman–Crippen MR) is 87.1 cm³/mol. The van der Waals surface area contributed by atoms with E-state index in [0.717, 1.165) is 22.2 Å². The molecule has 1 aromatic carbocycles. The van der Waals surface area contributed by atoms with Crippen molar-refractivity contribution in [2.24, 2.45) is 0 Å². The topological polar surface area (TPSA) is 104 Å². The Bertz CT molecular complexity index is 740. The minimum Gasteiger partial charge on any atom is -0.548 e. The Morgan fingerprint density at radius 1 is 1.35 bits per heavy atom. The third kappa shape index (κ3) is 4.24. The summed E-state index contributed by atoms with van der Waals surface area (Å²) in [7, 11) is 0. The molecular formula is C14H9N2O5S2-. The summed E-state index contributed by atoms with van der Waals surface area (Å²) in [6, 6.07) is 5.89. The molecule has 9 heteroatoms. The molecule has 0 N–H and O–H groups in total. The van der Waals surface area contributed by atoms with Crippen LogP contribution in [0.5, 0.6) is 0 Å². The van der Waals surface area contributed by atoms with Gasteiger partial charge in [0, 0.05) is 12.1 Å². The molecule has 0 spiro atoms. The molecule has 7 nitrogen and oxygen atoms in total. The van der Waals surface area contributed by atoms with Crippen molar-refractivity contribution in [1.29, 1.82) is 0 Å². The van der Waals surface area contributed by atoms with Gasteiger partial charge in [0.15, 0.2) is 0 Å². The summed E-state index contributed by atoms with van der Waals surface area (Å²) in [6.07, 6.45) is 4.76. The number of nitro groups is 1. The number of carboxylic acid groups (broad SMARTS) is 1. The molecule has 1 amide bonds. The van der Waals surface area contributed by atoms with E-state index in [2.05, 4.69) is 0 Å². The van der Waals surface area contributed by atoms with Gasteiger partial charge in [-0.2, -0.15) is 0 Å². The molecule has 0 aliphatic carbocycles. The van der Waals surface area contributed by atoms with Crippen LogP contribution in [-0.4, -0.2) is 32.6 Å². The fraction of sp³-hybridized carbons (Fsp3) is 0.0714. The maximum absolute atomic E-state index is 12.0. The van der Waals surface area contributed by atoms with Gasteiger partial charge in [-0.05, 0) is 23.8 Å². The van der Waals surface area contributed by atoms with Gasteiger partial charge >= 0.3 is 0 Å². The summed E-state index contributed by atoms with van der Waals surface area (Å²) >= 11 is 5.95. The van der Waals surface area contributed by atoms with E-state index in [1.165, 1.54) is 18.2 Å². The molecular weight excluding hydrogens is 340 g/mol. The average molecular weight is 349 g/mol. The first kappa shape index (κ1) is 16.8. The van der Waals surface area contributed by atoms with Crippen LogP contribution in [0.4, 0.5) is 5.69 Å². The number of rotatable bonds is 5. The number of carbonyl (C=O) groups excluding carboxylic acids is 2. The first-order valence-corrected chi connectivity index (χ1v) is 7.47. The second-order valence-corrected chi connectivity index (χ2v) is 6.05. The lowest BCUT2D eigenvalue weighted by atomic mass is 10.2. The maximum Gasteiger partial charge on any atom is 0.269 e. The van der Waals surface area contributed by atoms with Crippen molar-refractivity contribution >= 4 is 51.9 Å². The van der Waals surface area contributed by atoms with Crippen molar-refractivity contribution in [3.8, 4) is 0 Å². The number of benzene rings is 1. The lowest BCUT2D eigenvalue weighted by Gasteiger charge is -2.14. The predicted octanol–water partition coefficient (Wildman–Crippen LogP) is 1.10. The van der Waals surface area contributed by atoms with Gasteiger partial charge in [-0.1, -0.05) is 36.1 Å². The molecule has 118 valence electrons. The number of carboxylic acids is 1. The first-order valence-electron chi connectivity index (χ1n) is 6.25. The van der Waals surface area contributed by atoms with E-state index in [4.69, 9.17) is 12.2 Å². The van der Waals surface area contributed by atoms with E-state index < -0.39 is 23.3 Å². The Hall–Kier alpha value is -2.52. The van der Waals surface area contributed by atoms with Crippen molar-refractivity contribution in [3.63, 3.8) is 0 Å². The zero-order chi connectivity index (χ0) is 17.0. The minimum atomic E-state index is -1.39. The van der Waals surface area contributed by atoms with Crippen LogP contribution < -0.4 is 5.11 Å². The van der Waals surface area contributed by atoms with Gasteiger partial charge in [-0.15, -0.1) is 0 Å². The molecule has 1 aliphatic heterocycles. The fourth-order valence-corrected chi connectivity index (χ4v) is 2.94. The summed E-state index contributed by atoms with van der Waals surface area (Å²) in [6.45, 7) is -0.575. The van der Waals surface area contributed by atoms with Crippen LogP contribution in [0.3, 0.4) is 0 Å². The highest BCUT2D eigenvalue weighted by atomic mass is 32.2. The van der Waals surface area contributed by atoms with Gasteiger partial charge in [-0.25, -0.2) is 0 Å². The lowest BCUT2D eigenvalue weighted by Crippen LogP contribution is -2.40. The minimum absolute atomic E-state index is 0.00898. The van der Waals surface area contributed by atoms with E-state index in [-0.39, 0.29) is 10.0 Å². The van der Waals surface area contributed by atoms with E-state index in [9.17, 15) is 24.8 Å². The van der Waals surface area contributed by atoms with Crippen LogP contribution in [0.25, 0.3) is 6.08 Å².